The first-order valence-electron chi connectivity index (χ1n) is 7.78. The lowest BCUT2D eigenvalue weighted by Gasteiger charge is -2.09. The van der Waals surface area contributed by atoms with Gasteiger partial charge in [-0.05, 0) is 48.7 Å². The Bertz CT molecular complexity index is 931. The second-order valence-corrected chi connectivity index (χ2v) is 5.94. The van der Waals surface area contributed by atoms with Crippen LogP contribution in [0.4, 0.5) is 10.2 Å². The molecule has 0 atom stereocenters. The third kappa shape index (κ3) is 2.60. The summed E-state index contributed by atoms with van der Waals surface area (Å²) in [5.41, 5.74) is 2.24. The van der Waals surface area contributed by atoms with E-state index in [1.807, 2.05) is 18.2 Å². The van der Waals surface area contributed by atoms with Gasteiger partial charge in [-0.3, -0.25) is 9.89 Å². The fraction of sp³-hybridized carbons (Fsp3) is 0.222. The van der Waals surface area contributed by atoms with Crippen LogP contribution >= 0.6 is 0 Å². The lowest BCUT2D eigenvalue weighted by atomic mass is 10.0. The molecule has 0 bridgehead atoms. The number of amides is 1. The van der Waals surface area contributed by atoms with E-state index < -0.39 is 0 Å². The van der Waals surface area contributed by atoms with Gasteiger partial charge in [-0.15, -0.1) is 0 Å². The summed E-state index contributed by atoms with van der Waals surface area (Å²) in [4.78, 5) is 11.9. The minimum atomic E-state index is -0.326. The number of hydrogen-bond donors (Lipinski definition) is 2. The first kappa shape index (κ1) is 14.7. The van der Waals surface area contributed by atoms with Gasteiger partial charge in [-0.25, -0.2) is 4.39 Å². The number of anilines is 1. The molecule has 0 aliphatic heterocycles. The third-order valence-corrected chi connectivity index (χ3v) is 4.23. The minimum Gasteiger partial charge on any atom is -0.496 e. The van der Waals surface area contributed by atoms with Crippen molar-refractivity contribution in [2.24, 2.45) is 5.92 Å². The number of methoxy groups -OCH3 is 1. The standard InChI is InChI=1S/C18H16FN3O2/c1-24-16-7-5-12(19)9-14(16)11-4-6-13-15(8-11)21-22-17(13)20-18(23)10-2-3-10/h4-10H,2-3H2,1H3,(H2,20,21,22,23). The van der Waals surface area contributed by atoms with Crippen LogP contribution in [-0.2, 0) is 4.79 Å². The minimum absolute atomic E-state index is 0.0132. The highest BCUT2D eigenvalue weighted by Gasteiger charge is 2.30. The highest BCUT2D eigenvalue weighted by molar-refractivity contribution is 6.02. The molecule has 1 heterocycles. The Kier molecular flexibility index (Phi) is 3.45. The predicted molar refractivity (Wildman–Crippen MR) is 89.4 cm³/mol. The van der Waals surface area contributed by atoms with E-state index in [9.17, 15) is 9.18 Å². The van der Waals surface area contributed by atoms with Gasteiger partial charge in [0.2, 0.25) is 5.91 Å². The number of benzene rings is 2. The summed E-state index contributed by atoms with van der Waals surface area (Å²) in [5.74, 6) is 0.928. The van der Waals surface area contributed by atoms with Crippen molar-refractivity contribution < 1.29 is 13.9 Å². The summed E-state index contributed by atoms with van der Waals surface area (Å²) in [7, 11) is 1.55. The quantitative estimate of drug-likeness (QED) is 0.768. The largest absolute Gasteiger partial charge is 0.496 e. The van der Waals surface area contributed by atoms with Crippen LogP contribution in [0.1, 0.15) is 12.8 Å². The van der Waals surface area contributed by atoms with Crippen molar-refractivity contribution in [3.63, 3.8) is 0 Å². The second-order valence-electron chi connectivity index (χ2n) is 5.94. The number of H-pyrrole nitrogens is 1. The zero-order chi connectivity index (χ0) is 16.7. The zero-order valence-electron chi connectivity index (χ0n) is 13.1. The third-order valence-electron chi connectivity index (χ3n) is 4.23. The summed E-state index contributed by atoms with van der Waals surface area (Å²) >= 11 is 0. The van der Waals surface area contributed by atoms with Gasteiger partial charge < -0.3 is 10.1 Å². The van der Waals surface area contributed by atoms with Gasteiger partial charge in [0, 0.05) is 16.9 Å². The lowest BCUT2D eigenvalue weighted by molar-refractivity contribution is -0.117. The van der Waals surface area contributed by atoms with Gasteiger partial charge in [0.15, 0.2) is 5.82 Å². The summed E-state index contributed by atoms with van der Waals surface area (Å²) in [6.45, 7) is 0. The van der Waals surface area contributed by atoms with E-state index in [-0.39, 0.29) is 17.6 Å². The van der Waals surface area contributed by atoms with Gasteiger partial charge in [-0.2, -0.15) is 5.10 Å². The van der Waals surface area contributed by atoms with Crippen LogP contribution in [0.2, 0.25) is 0 Å². The fourth-order valence-corrected chi connectivity index (χ4v) is 2.75. The van der Waals surface area contributed by atoms with Crippen molar-refractivity contribution in [3.05, 3.63) is 42.2 Å². The summed E-state index contributed by atoms with van der Waals surface area (Å²) in [6.07, 6.45) is 1.88. The number of halogens is 1. The monoisotopic (exact) mass is 325 g/mol. The van der Waals surface area contributed by atoms with Crippen LogP contribution in [0.5, 0.6) is 5.75 Å². The Labute approximate surface area is 137 Å². The van der Waals surface area contributed by atoms with E-state index in [2.05, 4.69) is 15.5 Å². The molecule has 2 N–H and O–H groups in total. The van der Waals surface area contributed by atoms with E-state index in [1.54, 1.807) is 13.2 Å². The van der Waals surface area contributed by atoms with Crippen LogP contribution in [0, 0.1) is 11.7 Å². The molecule has 1 aliphatic rings. The van der Waals surface area contributed by atoms with Crippen LogP contribution in [0.3, 0.4) is 0 Å². The Morgan fingerprint density at radius 2 is 2.12 bits per heavy atom. The topological polar surface area (TPSA) is 67.0 Å². The van der Waals surface area contributed by atoms with Crippen molar-refractivity contribution in [3.8, 4) is 16.9 Å². The van der Waals surface area contributed by atoms with Crippen molar-refractivity contribution in [2.45, 2.75) is 12.8 Å². The molecular weight excluding hydrogens is 309 g/mol. The van der Waals surface area contributed by atoms with E-state index in [0.29, 0.717) is 17.1 Å². The first-order valence-corrected chi connectivity index (χ1v) is 7.78. The molecule has 2 aromatic carbocycles. The number of ether oxygens (including phenoxy) is 1. The Morgan fingerprint density at radius 1 is 1.29 bits per heavy atom. The molecule has 1 saturated carbocycles. The molecule has 5 nitrogen and oxygen atoms in total. The van der Waals surface area contributed by atoms with Crippen LogP contribution in [-0.4, -0.2) is 23.2 Å². The molecule has 1 fully saturated rings. The molecule has 0 spiro atoms. The number of carbonyl (C=O) groups excluding carboxylic acids is 1. The van der Waals surface area contributed by atoms with Crippen LogP contribution < -0.4 is 10.1 Å². The van der Waals surface area contributed by atoms with Crippen molar-refractivity contribution in [1.82, 2.24) is 10.2 Å². The highest BCUT2D eigenvalue weighted by atomic mass is 19.1. The Hall–Kier alpha value is -2.89. The molecule has 4 rings (SSSR count). The molecule has 1 aliphatic carbocycles. The highest BCUT2D eigenvalue weighted by Crippen LogP contribution is 2.34. The van der Waals surface area contributed by atoms with Crippen LogP contribution in [0.25, 0.3) is 22.0 Å². The molecule has 1 aromatic heterocycles. The number of hydrogen-bond acceptors (Lipinski definition) is 3. The van der Waals surface area contributed by atoms with E-state index in [0.717, 1.165) is 29.3 Å². The van der Waals surface area contributed by atoms with E-state index >= 15 is 0 Å². The number of aromatic amines is 1. The number of nitrogens with zero attached hydrogens (tertiary/aromatic N) is 1. The van der Waals surface area contributed by atoms with Crippen molar-refractivity contribution >= 4 is 22.6 Å². The molecule has 122 valence electrons. The average molecular weight is 325 g/mol. The van der Waals surface area contributed by atoms with E-state index in [1.165, 1.54) is 12.1 Å². The SMILES string of the molecule is COc1ccc(F)cc1-c1ccc2c(NC(=O)C3CC3)n[nH]c2c1. The van der Waals surface area contributed by atoms with Gasteiger partial charge in [0.25, 0.3) is 0 Å². The molecule has 1 amide bonds. The summed E-state index contributed by atoms with van der Waals surface area (Å²) in [6, 6.07) is 9.99. The number of fused-ring (bicyclic) bond motifs is 1. The van der Waals surface area contributed by atoms with E-state index in [4.69, 9.17) is 4.74 Å². The molecule has 0 radical (unpaired) electrons. The Morgan fingerprint density at radius 3 is 2.88 bits per heavy atom. The predicted octanol–water partition coefficient (Wildman–Crippen LogP) is 3.73. The lowest BCUT2D eigenvalue weighted by Crippen LogP contribution is -2.13. The maximum absolute atomic E-state index is 13.6. The number of nitrogens with one attached hydrogen (secondary N) is 2. The second kappa shape index (κ2) is 5.63. The zero-order valence-corrected chi connectivity index (χ0v) is 13.1. The van der Waals surface area contributed by atoms with Crippen LogP contribution in [0.15, 0.2) is 36.4 Å². The average Bonchev–Trinajstić information content (AvgIpc) is 3.37. The van der Waals surface area contributed by atoms with Gasteiger partial charge in [0.05, 0.1) is 12.6 Å². The van der Waals surface area contributed by atoms with Crippen molar-refractivity contribution in [2.75, 3.05) is 12.4 Å². The summed E-state index contributed by atoms with van der Waals surface area (Å²) in [5, 5.41) is 10.8. The molecule has 24 heavy (non-hydrogen) atoms. The van der Waals surface area contributed by atoms with Crippen molar-refractivity contribution in [1.29, 1.82) is 0 Å². The summed E-state index contributed by atoms with van der Waals surface area (Å²) < 4.78 is 18.9. The molecular formula is C18H16FN3O2. The normalized spacial score (nSPS) is 13.9. The molecule has 3 aromatic rings. The van der Waals surface area contributed by atoms with Gasteiger partial charge in [-0.1, -0.05) is 6.07 Å². The first-order chi connectivity index (χ1) is 11.7. The number of carbonyl (C=O) groups is 1. The smallest absolute Gasteiger partial charge is 0.228 e. The van der Waals surface area contributed by atoms with Gasteiger partial charge >= 0.3 is 0 Å². The van der Waals surface area contributed by atoms with Gasteiger partial charge in [0.1, 0.15) is 11.6 Å². The molecule has 0 saturated heterocycles. The molecule has 0 unspecified atom stereocenters. The maximum Gasteiger partial charge on any atom is 0.228 e. The number of rotatable bonds is 4. The Balaban J connectivity index is 1.72. The number of aromatic nitrogens is 2. The maximum atomic E-state index is 13.6. The molecule has 6 heteroatoms. The fourth-order valence-electron chi connectivity index (χ4n) is 2.75.